The second-order valence-corrected chi connectivity index (χ2v) is 9.08. The number of nitrogens with one attached hydrogen (secondary N) is 1. The minimum Gasteiger partial charge on any atom is -0.493 e. The van der Waals surface area contributed by atoms with Crippen LogP contribution < -0.4 is 14.8 Å². The first kappa shape index (κ1) is 21.8. The fourth-order valence-corrected chi connectivity index (χ4v) is 3.83. The minimum absolute atomic E-state index is 0.0448. The van der Waals surface area contributed by atoms with Gasteiger partial charge in [0.25, 0.3) is 5.91 Å². The molecule has 0 saturated heterocycles. The highest BCUT2D eigenvalue weighted by Crippen LogP contribution is 2.28. The van der Waals surface area contributed by atoms with Crippen LogP contribution in [0, 0.1) is 0 Å². The zero-order valence-corrected chi connectivity index (χ0v) is 17.5. The Balaban J connectivity index is 2.17. The Labute approximate surface area is 166 Å². The van der Waals surface area contributed by atoms with E-state index >= 15 is 0 Å². The van der Waals surface area contributed by atoms with Crippen LogP contribution in [0.2, 0.25) is 0 Å². The van der Waals surface area contributed by atoms with E-state index in [1.807, 2.05) is 13.0 Å². The topological polar surface area (TPSA) is 81.7 Å². The zero-order chi connectivity index (χ0) is 20.7. The largest absolute Gasteiger partial charge is 0.493 e. The molecule has 2 aromatic rings. The lowest BCUT2D eigenvalue weighted by atomic mass is 10.1. The number of methoxy groups -OCH3 is 1. The first-order valence-corrected chi connectivity index (χ1v) is 10.8. The van der Waals surface area contributed by atoms with Crippen LogP contribution in [0.3, 0.4) is 0 Å². The summed E-state index contributed by atoms with van der Waals surface area (Å²) in [7, 11) is -2.00. The lowest BCUT2D eigenvalue weighted by Crippen LogP contribution is -2.26. The molecule has 0 unspecified atom stereocenters. The van der Waals surface area contributed by atoms with E-state index in [0.29, 0.717) is 18.1 Å². The summed E-state index contributed by atoms with van der Waals surface area (Å²) in [5.74, 6) is 0.792. The summed E-state index contributed by atoms with van der Waals surface area (Å²) < 4.78 is 36.0. The molecule has 152 valence electrons. The number of amides is 1. The van der Waals surface area contributed by atoms with Crippen molar-refractivity contribution < 1.29 is 22.7 Å². The van der Waals surface area contributed by atoms with Crippen molar-refractivity contribution in [2.75, 3.05) is 13.7 Å². The quantitative estimate of drug-likeness (QED) is 0.689. The maximum atomic E-state index is 12.6. The Morgan fingerprint density at radius 2 is 1.82 bits per heavy atom. The monoisotopic (exact) mass is 405 g/mol. The van der Waals surface area contributed by atoms with Gasteiger partial charge in [-0.2, -0.15) is 0 Å². The standard InChI is InChI=1S/C21H27NO5S/c1-5-12-27-18-11-10-16(13-19(18)26-4)14-22-21(23)17-8-6-7-9-20(17)28(24,25)15(2)3/h6-11,13,15H,5,12,14H2,1-4H3,(H,22,23). The van der Waals surface area contributed by atoms with Crippen molar-refractivity contribution in [2.24, 2.45) is 0 Å². The molecule has 0 radical (unpaired) electrons. The van der Waals surface area contributed by atoms with Crippen LogP contribution in [0.25, 0.3) is 0 Å². The molecule has 0 heterocycles. The van der Waals surface area contributed by atoms with Gasteiger partial charge in [0.1, 0.15) is 0 Å². The van der Waals surface area contributed by atoms with E-state index in [-0.39, 0.29) is 17.0 Å². The SMILES string of the molecule is CCCOc1ccc(CNC(=O)c2ccccc2S(=O)(=O)C(C)C)cc1OC. The van der Waals surface area contributed by atoms with Crippen molar-refractivity contribution in [1.29, 1.82) is 0 Å². The maximum Gasteiger partial charge on any atom is 0.252 e. The van der Waals surface area contributed by atoms with E-state index in [2.05, 4.69) is 5.32 Å². The van der Waals surface area contributed by atoms with E-state index in [4.69, 9.17) is 9.47 Å². The van der Waals surface area contributed by atoms with Crippen LogP contribution in [-0.4, -0.2) is 33.3 Å². The van der Waals surface area contributed by atoms with E-state index in [1.165, 1.54) is 12.1 Å². The van der Waals surface area contributed by atoms with Gasteiger partial charge in [0, 0.05) is 6.54 Å². The van der Waals surface area contributed by atoms with Crippen molar-refractivity contribution in [3.05, 3.63) is 53.6 Å². The Kier molecular flexibility index (Phi) is 7.45. The Hall–Kier alpha value is -2.54. The molecule has 0 bridgehead atoms. The molecule has 0 aliphatic carbocycles. The van der Waals surface area contributed by atoms with Gasteiger partial charge in [0.15, 0.2) is 21.3 Å². The predicted octanol–water partition coefficient (Wildman–Crippen LogP) is 3.60. The number of rotatable bonds is 9. The van der Waals surface area contributed by atoms with Gasteiger partial charge in [0.2, 0.25) is 0 Å². The predicted molar refractivity (Wildman–Crippen MR) is 109 cm³/mol. The molecule has 28 heavy (non-hydrogen) atoms. The Bertz CT molecular complexity index is 922. The van der Waals surface area contributed by atoms with Gasteiger partial charge in [0.05, 0.1) is 29.4 Å². The van der Waals surface area contributed by atoms with E-state index in [0.717, 1.165) is 12.0 Å². The highest BCUT2D eigenvalue weighted by atomic mass is 32.2. The van der Waals surface area contributed by atoms with Gasteiger partial charge in [-0.3, -0.25) is 4.79 Å². The molecule has 2 aromatic carbocycles. The van der Waals surface area contributed by atoms with Crippen LogP contribution in [0.1, 0.15) is 43.1 Å². The molecule has 6 nitrogen and oxygen atoms in total. The number of hydrogen-bond donors (Lipinski definition) is 1. The molecule has 0 aliphatic heterocycles. The number of ether oxygens (including phenoxy) is 2. The third-order valence-electron chi connectivity index (χ3n) is 4.20. The highest BCUT2D eigenvalue weighted by molar-refractivity contribution is 7.92. The third kappa shape index (κ3) is 5.04. The van der Waals surface area contributed by atoms with Gasteiger partial charge < -0.3 is 14.8 Å². The molecule has 2 rings (SSSR count). The summed E-state index contributed by atoms with van der Waals surface area (Å²) in [5, 5.41) is 2.17. The maximum absolute atomic E-state index is 12.6. The van der Waals surface area contributed by atoms with Gasteiger partial charge in [-0.05, 0) is 50.1 Å². The molecule has 1 amide bonds. The highest BCUT2D eigenvalue weighted by Gasteiger charge is 2.25. The van der Waals surface area contributed by atoms with Crippen LogP contribution in [0.5, 0.6) is 11.5 Å². The summed E-state index contributed by atoms with van der Waals surface area (Å²) >= 11 is 0. The average Bonchev–Trinajstić information content (AvgIpc) is 2.70. The van der Waals surface area contributed by atoms with Crippen molar-refractivity contribution >= 4 is 15.7 Å². The molecule has 0 spiro atoms. The molecule has 0 atom stereocenters. The number of carbonyl (C=O) groups excluding carboxylic acids is 1. The van der Waals surface area contributed by atoms with E-state index < -0.39 is 21.0 Å². The average molecular weight is 406 g/mol. The number of carbonyl (C=O) groups is 1. The van der Waals surface area contributed by atoms with Gasteiger partial charge in [-0.15, -0.1) is 0 Å². The smallest absolute Gasteiger partial charge is 0.252 e. The number of hydrogen-bond acceptors (Lipinski definition) is 5. The van der Waals surface area contributed by atoms with Crippen LogP contribution in [-0.2, 0) is 16.4 Å². The van der Waals surface area contributed by atoms with Crippen LogP contribution >= 0.6 is 0 Å². The van der Waals surface area contributed by atoms with Crippen molar-refractivity contribution in [2.45, 2.75) is 43.9 Å². The fraction of sp³-hybridized carbons (Fsp3) is 0.381. The molecule has 1 N–H and O–H groups in total. The summed E-state index contributed by atoms with van der Waals surface area (Å²) in [5.41, 5.74) is 0.962. The van der Waals surface area contributed by atoms with E-state index in [9.17, 15) is 13.2 Å². The van der Waals surface area contributed by atoms with Crippen molar-refractivity contribution in [1.82, 2.24) is 5.32 Å². The van der Waals surface area contributed by atoms with Gasteiger partial charge in [-0.25, -0.2) is 8.42 Å². The van der Waals surface area contributed by atoms with Gasteiger partial charge in [-0.1, -0.05) is 25.1 Å². The van der Waals surface area contributed by atoms with Crippen molar-refractivity contribution in [3.63, 3.8) is 0 Å². The fourth-order valence-electron chi connectivity index (χ4n) is 2.59. The minimum atomic E-state index is -3.56. The van der Waals surface area contributed by atoms with Crippen molar-refractivity contribution in [3.8, 4) is 11.5 Å². The van der Waals surface area contributed by atoms with Crippen LogP contribution in [0.15, 0.2) is 47.4 Å². The zero-order valence-electron chi connectivity index (χ0n) is 16.7. The number of sulfone groups is 1. The molecule has 7 heteroatoms. The second-order valence-electron chi connectivity index (χ2n) is 6.61. The first-order valence-electron chi connectivity index (χ1n) is 9.22. The molecule has 0 aromatic heterocycles. The summed E-state index contributed by atoms with van der Waals surface area (Å²) in [6, 6.07) is 11.7. The second kappa shape index (κ2) is 9.59. The lowest BCUT2D eigenvalue weighted by Gasteiger charge is -2.14. The van der Waals surface area contributed by atoms with Gasteiger partial charge >= 0.3 is 0 Å². The lowest BCUT2D eigenvalue weighted by molar-refractivity contribution is 0.0947. The third-order valence-corrected chi connectivity index (χ3v) is 6.41. The summed E-state index contributed by atoms with van der Waals surface area (Å²) in [6.45, 7) is 6.04. The Morgan fingerprint density at radius 3 is 2.46 bits per heavy atom. The number of benzene rings is 2. The first-order chi connectivity index (χ1) is 13.3. The molecule has 0 saturated carbocycles. The summed E-state index contributed by atoms with van der Waals surface area (Å²) in [6.07, 6.45) is 0.889. The van der Waals surface area contributed by atoms with E-state index in [1.54, 1.807) is 45.2 Å². The van der Waals surface area contributed by atoms with Crippen LogP contribution in [0.4, 0.5) is 0 Å². The molecule has 0 fully saturated rings. The normalized spacial score (nSPS) is 11.3. The summed E-state index contributed by atoms with van der Waals surface area (Å²) in [4.78, 5) is 12.7. The molecular formula is C21H27NO5S. The Morgan fingerprint density at radius 1 is 1.11 bits per heavy atom. The molecular weight excluding hydrogens is 378 g/mol. The molecule has 0 aliphatic rings.